The molecule has 0 spiro atoms. The van der Waals surface area contributed by atoms with Crippen LogP contribution in [0.1, 0.15) is 30.0 Å². The van der Waals surface area contributed by atoms with Gasteiger partial charge in [-0.05, 0) is 48.7 Å². The Balaban J connectivity index is 0.00000512. The Morgan fingerprint density at radius 3 is 2.50 bits per heavy atom. The molecule has 2 aromatic carbocycles. The number of nitrogens with zero attached hydrogens (tertiary/aromatic N) is 1. The maximum atomic E-state index is 11.8. The van der Waals surface area contributed by atoms with Crippen LogP contribution in [0.3, 0.4) is 0 Å². The predicted octanol–water partition coefficient (Wildman–Crippen LogP) is 3.69. The van der Waals surface area contributed by atoms with Crippen LogP contribution in [0.4, 0.5) is 0 Å². The van der Waals surface area contributed by atoms with Gasteiger partial charge < -0.3 is 20.1 Å². The summed E-state index contributed by atoms with van der Waals surface area (Å²) in [5.74, 6) is 1.52. The first-order chi connectivity index (χ1) is 14.8. The number of hydrogen-bond acceptors (Lipinski definition) is 5. The highest BCUT2D eigenvalue weighted by molar-refractivity contribution is 14.0. The molecule has 178 valence electrons. The fourth-order valence-electron chi connectivity index (χ4n) is 3.06. The van der Waals surface area contributed by atoms with Crippen molar-refractivity contribution in [2.45, 2.75) is 38.3 Å². The van der Waals surface area contributed by atoms with Gasteiger partial charge in [0, 0.05) is 39.5 Å². The van der Waals surface area contributed by atoms with E-state index in [9.17, 15) is 8.42 Å². The number of methoxy groups -OCH3 is 1. The van der Waals surface area contributed by atoms with E-state index in [-0.39, 0.29) is 24.0 Å². The summed E-state index contributed by atoms with van der Waals surface area (Å²) in [5.41, 5.74) is 2.78. The van der Waals surface area contributed by atoms with Crippen molar-refractivity contribution in [2.75, 3.05) is 33.1 Å². The normalized spacial score (nSPS) is 11.6. The van der Waals surface area contributed by atoms with Crippen LogP contribution >= 0.6 is 24.0 Å². The molecule has 0 bridgehead atoms. The van der Waals surface area contributed by atoms with Crippen LogP contribution in [0.2, 0.25) is 0 Å². The molecule has 0 aliphatic rings. The van der Waals surface area contributed by atoms with E-state index in [1.807, 2.05) is 50.2 Å². The maximum Gasteiger partial charge on any atom is 0.191 e. The van der Waals surface area contributed by atoms with E-state index < -0.39 is 9.84 Å². The van der Waals surface area contributed by atoms with Crippen molar-refractivity contribution >= 4 is 39.8 Å². The first kappa shape index (κ1) is 28.2. The smallest absolute Gasteiger partial charge is 0.191 e. The zero-order valence-electron chi connectivity index (χ0n) is 19.2. The van der Waals surface area contributed by atoms with E-state index >= 15 is 0 Å². The van der Waals surface area contributed by atoms with Gasteiger partial charge in [-0.2, -0.15) is 0 Å². The number of nitrogens with one attached hydrogen (secondary N) is 2. The molecule has 0 atom stereocenters. The summed E-state index contributed by atoms with van der Waals surface area (Å²) in [4.78, 5) is 5.01. The fourth-order valence-corrected chi connectivity index (χ4v) is 4.02. The van der Waals surface area contributed by atoms with Crippen molar-refractivity contribution in [2.24, 2.45) is 4.99 Å². The van der Waals surface area contributed by atoms with Crippen LogP contribution in [0.5, 0.6) is 5.75 Å². The lowest BCUT2D eigenvalue weighted by Crippen LogP contribution is -2.36. The van der Waals surface area contributed by atoms with Crippen LogP contribution in [0, 0.1) is 6.92 Å². The molecule has 0 aromatic heterocycles. The Morgan fingerprint density at radius 1 is 1.06 bits per heavy atom. The molecule has 0 aliphatic heterocycles. The van der Waals surface area contributed by atoms with Crippen molar-refractivity contribution in [3.05, 3.63) is 59.2 Å². The molecular formula is C23H34IN3O4S. The summed E-state index contributed by atoms with van der Waals surface area (Å²) in [6.45, 7) is 6.90. The Hall–Kier alpha value is -1.85. The quantitative estimate of drug-likeness (QED) is 0.184. The zero-order valence-corrected chi connectivity index (χ0v) is 22.3. The first-order valence-corrected chi connectivity index (χ1v) is 12.2. The molecule has 0 amide bonds. The van der Waals surface area contributed by atoms with Gasteiger partial charge >= 0.3 is 0 Å². The minimum Gasteiger partial charge on any atom is -0.493 e. The lowest BCUT2D eigenvalue weighted by molar-refractivity contribution is 0.172. The number of aryl methyl sites for hydroxylation is 1. The summed E-state index contributed by atoms with van der Waals surface area (Å²) < 4.78 is 34.4. The average molecular weight is 576 g/mol. The van der Waals surface area contributed by atoms with Gasteiger partial charge in [0.25, 0.3) is 0 Å². The van der Waals surface area contributed by atoms with Gasteiger partial charge in [0.1, 0.15) is 5.75 Å². The SMILES string of the molecule is CCNC(=NCc1cccc(OCCCOC)c1)NCc1ccc(S(C)(=O)=O)c(C)c1.I. The Labute approximate surface area is 208 Å². The predicted molar refractivity (Wildman–Crippen MR) is 140 cm³/mol. The maximum absolute atomic E-state index is 11.8. The van der Waals surface area contributed by atoms with Gasteiger partial charge in [-0.1, -0.05) is 24.3 Å². The van der Waals surface area contributed by atoms with Gasteiger partial charge in [-0.15, -0.1) is 24.0 Å². The van der Waals surface area contributed by atoms with Crippen LogP contribution in [0.25, 0.3) is 0 Å². The molecule has 9 heteroatoms. The topological polar surface area (TPSA) is 89.0 Å². The molecule has 0 unspecified atom stereocenters. The van der Waals surface area contributed by atoms with Crippen molar-refractivity contribution < 1.29 is 17.9 Å². The van der Waals surface area contributed by atoms with Crippen LogP contribution < -0.4 is 15.4 Å². The summed E-state index contributed by atoms with van der Waals surface area (Å²) in [6, 6.07) is 13.3. The van der Waals surface area contributed by atoms with E-state index in [4.69, 9.17) is 9.47 Å². The lowest BCUT2D eigenvalue weighted by atomic mass is 10.1. The minimum absolute atomic E-state index is 0. The van der Waals surface area contributed by atoms with Gasteiger partial charge in [-0.3, -0.25) is 0 Å². The molecule has 0 saturated carbocycles. The molecule has 32 heavy (non-hydrogen) atoms. The highest BCUT2D eigenvalue weighted by Crippen LogP contribution is 2.17. The highest BCUT2D eigenvalue weighted by atomic mass is 127. The first-order valence-electron chi connectivity index (χ1n) is 10.4. The molecule has 2 aromatic rings. The number of halogens is 1. The van der Waals surface area contributed by atoms with Crippen molar-refractivity contribution in [1.29, 1.82) is 0 Å². The van der Waals surface area contributed by atoms with E-state index in [2.05, 4.69) is 15.6 Å². The van der Waals surface area contributed by atoms with Crippen LogP contribution in [-0.2, 0) is 27.7 Å². The van der Waals surface area contributed by atoms with E-state index in [0.29, 0.717) is 37.2 Å². The number of aliphatic imine (C=N–C) groups is 1. The average Bonchev–Trinajstić information content (AvgIpc) is 2.72. The summed E-state index contributed by atoms with van der Waals surface area (Å²) in [7, 11) is -1.53. The Bertz CT molecular complexity index is 981. The standard InChI is InChI=1S/C23H33N3O4S.HI/c1-5-24-23(26-17-20-10-11-22(18(2)14-20)31(4,27)28)25-16-19-8-6-9-21(15-19)30-13-7-12-29-3;/h6,8-11,14-15H,5,7,12-13,16-17H2,1-4H3,(H2,24,25,26);1H. The van der Waals surface area contributed by atoms with Gasteiger partial charge in [0.15, 0.2) is 15.8 Å². The molecular weight excluding hydrogens is 541 g/mol. The van der Waals surface area contributed by atoms with Gasteiger partial charge in [-0.25, -0.2) is 13.4 Å². The van der Waals surface area contributed by atoms with Crippen LogP contribution in [0.15, 0.2) is 52.4 Å². The molecule has 0 heterocycles. The largest absolute Gasteiger partial charge is 0.493 e. The summed E-state index contributed by atoms with van der Waals surface area (Å²) in [5, 5.41) is 6.53. The molecule has 0 aliphatic carbocycles. The number of sulfone groups is 1. The van der Waals surface area contributed by atoms with Crippen molar-refractivity contribution in [3.63, 3.8) is 0 Å². The molecule has 2 rings (SSSR count). The Kier molecular flexibility index (Phi) is 12.6. The third kappa shape index (κ3) is 9.74. The third-order valence-corrected chi connectivity index (χ3v) is 5.78. The monoisotopic (exact) mass is 575 g/mol. The molecule has 0 radical (unpaired) electrons. The molecule has 7 nitrogen and oxygen atoms in total. The number of ether oxygens (including phenoxy) is 2. The van der Waals surface area contributed by atoms with Crippen molar-refractivity contribution in [3.8, 4) is 5.75 Å². The number of rotatable bonds is 11. The van der Waals surface area contributed by atoms with Gasteiger partial charge in [0.05, 0.1) is 18.0 Å². The second-order valence-electron chi connectivity index (χ2n) is 7.26. The fraction of sp³-hybridized carbons (Fsp3) is 0.435. The third-order valence-electron chi connectivity index (χ3n) is 4.52. The highest BCUT2D eigenvalue weighted by Gasteiger charge is 2.11. The zero-order chi connectivity index (χ0) is 22.7. The number of benzene rings is 2. The molecule has 2 N–H and O–H groups in total. The van der Waals surface area contributed by atoms with E-state index in [0.717, 1.165) is 35.4 Å². The van der Waals surface area contributed by atoms with Crippen LogP contribution in [-0.4, -0.2) is 47.5 Å². The second kappa shape index (κ2) is 14.3. The Morgan fingerprint density at radius 2 is 1.84 bits per heavy atom. The number of guanidine groups is 1. The second-order valence-corrected chi connectivity index (χ2v) is 9.25. The molecule has 0 saturated heterocycles. The van der Waals surface area contributed by atoms with Gasteiger partial charge in [0.2, 0.25) is 0 Å². The lowest BCUT2D eigenvalue weighted by Gasteiger charge is -2.13. The minimum atomic E-state index is -3.21. The summed E-state index contributed by atoms with van der Waals surface area (Å²) in [6.07, 6.45) is 2.07. The summed E-state index contributed by atoms with van der Waals surface area (Å²) >= 11 is 0. The van der Waals surface area contributed by atoms with E-state index in [1.165, 1.54) is 6.26 Å². The van der Waals surface area contributed by atoms with E-state index in [1.54, 1.807) is 13.2 Å². The number of hydrogen-bond donors (Lipinski definition) is 2. The van der Waals surface area contributed by atoms with Crippen molar-refractivity contribution in [1.82, 2.24) is 10.6 Å². The molecule has 0 fully saturated rings.